The van der Waals surface area contributed by atoms with Crippen molar-refractivity contribution in [1.29, 1.82) is 0 Å². The van der Waals surface area contributed by atoms with Crippen LogP contribution in [0.4, 0.5) is 4.39 Å². The lowest BCUT2D eigenvalue weighted by Gasteiger charge is -2.29. The molecule has 1 aliphatic carbocycles. The summed E-state index contributed by atoms with van der Waals surface area (Å²) in [4.78, 5) is 0. The molecule has 17 heavy (non-hydrogen) atoms. The lowest BCUT2D eigenvalue weighted by molar-refractivity contribution is 0.00142. The van der Waals surface area contributed by atoms with Crippen molar-refractivity contribution >= 4 is 15.9 Å². The van der Waals surface area contributed by atoms with Crippen molar-refractivity contribution in [1.82, 2.24) is 0 Å². The Bertz CT molecular complexity index is 387. The van der Waals surface area contributed by atoms with Crippen LogP contribution >= 0.6 is 15.9 Å². The minimum absolute atomic E-state index is 0.246. The van der Waals surface area contributed by atoms with Crippen LogP contribution in [0.5, 0.6) is 0 Å². The molecule has 1 aromatic rings. The SMILES string of the molecule is CCC1CCCC1(O)Cc1cc(F)cc(Br)c1. The van der Waals surface area contributed by atoms with E-state index in [2.05, 4.69) is 22.9 Å². The van der Waals surface area contributed by atoms with Crippen molar-refractivity contribution in [3.8, 4) is 0 Å². The molecule has 2 atom stereocenters. The van der Waals surface area contributed by atoms with Crippen LogP contribution in [0, 0.1) is 11.7 Å². The Morgan fingerprint density at radius 2 is 2.24 bits per heavy atom. The molecule has 0 radical (unpaired) electrons. The Balaban J connectivity index is 2.19. The van der Waals surface area contributed by atoms with E-state index >= 15 is 0 Å². The highest BCUT2D eigenvalue weighted by Gasteiger charge is 2.39. The predicted molar refractivity (Wildman–Crippen MR) is 70.4 cm³/mol. The zero-order valence-corrected chi connectivity index (χ0v) is 11.6. The van der Waals surface area contributed by atoms with E-state index in [1.807, 2.05) is 6.07 Å². The van der Waals surface area contributed by atoms with Gasteiger partial charge in [-0.15, -0.1) is 0 Å². The van der Waals surface area contributed by atoms with Gasteiger partial charge in [0.15, 0.2) is 0 Å². The zero-order chi connectivity index (χ0) is 12.5. The van der Waals surface area contributed by atoms with E-state index in [1.54, 1.807) is 0 Å². The van der Waals surface area contributed by atoms with Gasteiger partial charge < -0.3 is 5.11 Å². The first-order valence-electron chi connectivity index (χ1n) is 6.21. The molecule has 2 unspecified atom stereocenters. The molecule has 0 spiro atoms. The first kappa shape index (κ1) is 13.0. The largest absolute Gasteiger partial charge is 0.389 e. The molecule has 1 nitrogen and oxygen atoms in total. The minimum Gasteiger partial charge on any atom is -0.389 e. The molecule has 0 aromatic heterocycles. The van der Waals surface area contributed by atoms with Gasteiger partial charge in [0, 0.05) is 10.9 Å². The molecule has 0 heterocycles. The maximum atomic E-state index is 13.3. The summed E-state index contributed by atoms with van der Waals surface area (Å²) >= 11 is 3.29. The summed E-state index contributed by atoms with van der Waals surface area (Å²) in [7, 11) is 0. The van der Waals surface area contributed by atoms with E-state index in [9.17, 15) is 9.50 Å². The fourth-order valence-electron chi connectivity index (χ4n) is 3.01. The van der Waals surface area contributed by atoms with Crippen molar-refractivity contribution in [3.05, 3.63) is 34.1 Å². The summed E-state index contributed by atoms with van der Waals surface area (Å²) in [6, 6.07) is 4.86. The Morgan fingerprint density at radius 3 is 2.88 bits per heavy atom. The average Bonchev–Trinajstić information content (AvgIpc) is 2.57. The first-order chi connectivity index (χ1) is 8.03. The fourth-order valence-corrected chi connectivity index (χ4v) is 3.52. The molecular weight excluding hydrogens is 283 g/mol. The van der Waals surface area contributed by atoms with Gasteiger partial charge in [-0.2, -0.15) is 0 Å². The molecule has 1 fully saturated rings. The lowest BCUT2D eigenvalue weighted by Crippen LogP contribution is -2.35. The van der Waals surface area contributed by atoms with E-state index in [-0.39, 0.29) is 5.82 Å². The van der Waals surface area contributed by atoms with Gasteiger partial charge in [0.2, 0.25) is 0 Å². The summed E-state index contributed by atoms with van der Waals surface area (Å²) in [6.07, 6.45) is 4.55. The highest BCUT2D eigenvalue weighted by atomic mass is 79.9. The molecule has 1 saturated carbocycles. The maximum absolute atomic E-state index is 13.3. The van der Waals surface area contributed by atoms with Gasteiger partial charge in [-0.05, 0) is 42.5 Å². The van der Waals surface area contributed by atoms with Crippen molar-refractivity contribution in [2.75, 3.05) is 0 Å². The monoisotopic (exact) mass is 300 g/mol. The van der Waals surface area contributed by atoms with Gasteiger partial charge >= 0.3 is 0 Å². The minimum atomic E-state index is -0.637. The Labute approximate surface area is 110 Å². The van der Waals surface area contributed by atoms with Gasteiger partial charge in [-0.3, -0.25) is 0 Å². The number of rotatable bonds is 3. The molecule has 1 N–H and O–H groups in total. The smallest absolute Gasteiger partial charge is 0.124 e. The summed E-state index contributed by atoms with van der Waals surface area (Å²) < 4.78 is 14.0. The summed E-state index contributed by atoms with van der Waals surface area (Å²) in [5.74, 6) is 0.105. The quantitative estimate of drug-likeness (QED) is 0.892. The third kappa shape index (κ3) is 2.89. The van der Waals surface area contributed by atoms with Gasteiger partial charge in [0.05, 0.1) is 5.60 Å². The number of aliphatic hydroxyl groups is 1. The van der Waals surface area contributed by atoms with Crippen LogP contribution in [-0.2, 0) is 6.42 Å². The van der Waals surface area contributed by atoms with Gasteiger partial charge in [-0.25, -0.2) is 4.39 Å². The second-order valence-electron chi connectivity index (χ2n) is 5.06. The van der Waals surface area contributed by atoms with E-state index in [0.717, 1.165) is 35.7 Å². The van der Waals surface area contributed by atoms with Crippen molar-refractivity contribution in [2.45, 2.75) is 44.6 Å². The number of hydrogen-bond donors (Lipinski definition) is 1. The topological polar surface area (TPSA) is 20.2 Å². The molecule has 94 valence electrons. The van der Waals surface area contributed by atoms with Crippen LogP contribution < -0.4 is 0 Å². The second-order valence-corrected chi connectivity index (χ2v) is 5.97. The van der Waals surface area contributed by atoms with Crippen molar-refractivity contribution < 1.29 is 9.50 Å². The molecule has 1 aromatic carbocycles. The van der Waals surface area contributed by atoms with Crippen LogP contribution in [0.3, 0.4) is 0 Å². The van der Waals surface area contributed by atoms with E-state index < -0.39 is 5.60 Å². The van der Waals surface area contributed by atoms with Crippen LogP contribution in [0.15, 0.2) is 22.7 Å². The molecule has 2 rings (SSSR count). The predicted octanol–water partition coefficient (Wildman–Crippen LogP) is 4.07. The highest BCUT2D eigenvalue weighted by molar-refractivity contribution is 9.10. The molecule has 0 bridgehead atoms. The third-order valence-corrected chi connectivity index (χ3v) is 4.31. The van der Waals surface area contributed by atoms with Crippen LogP contribution in [0.1, 0.15) is 38.2 Å². The number of hydrogen-bond acceptors (Lipinski definition) is 1. The molecule has 3 heteroatoms. The maximum Gasteiger partial charge on any atom is 0.124 e. The fraction of sp³-hybridized carbons (Fsp3) is 0.571. The van der Waals surface area contributed by atoms with Crippen LogP contribution in [0.25, 0.3) is 0 Å². The molecule has 0 saturated heterocycles. The van der Waals surface area contributed by atoms with Crippen LogP contribution in [-0.4, -0.2) is 10.7 Å². The standard InChI is InChI=1S/C14H18BrFO/c1-2-11-4-3-5-14(11,17)9-10-6-12(15)8-13(16)7-10/h6-8,11,17H,2-5,9H2,1H3. The summed E-state index contributed by atoms with van der Waals surface area (Å²) in [5.41, 5.74) is 0.238. The Kier molecular flexibility index (Phi) is 3.88. The Hall–Kier alpha value is -0.410. The van der Waals surface area contributed by atoms with Crippen LogP contribution in [0.2, 0.25) is 0 Å². The van der Waals surface area contributed by atoms with E-state index in [4.69, 9.17) is 0 Å². The lowest BCUT2D eigenvalue weighted by atomic mass is 9.83. The van der Waals surface area contributed by atoms with E-state index in [1.165, 1.54) is 12.1 Å². The molecule has 1 aliphatic rings. The molecule has 0 amide bonds. The number of halogens is 2. The molecular formula is C14H18BrFO. The second kappa shape index (κ2) is 5.07. The average molecular weight is 301 g/mol. The van der Waals surface area contributed by atoms with Crippen molar-refractivity contribution in [2.24, 2.45) is 5.92 Å². The summed E-state index contributed by atoms with van der Waals surface area (Å²) in [6.45, 7) is 2.11. The molecule has 0 aliphatic heterocycles. The van der Waals surface area contributed by atoms with Gasteiger partial charge in [0.25, 0.3) is 0 Å². The first-order valence-corrected chi connectivity index (χ1v) is 7.00. The zero-order valence-electron chi connectivity index (χ0n) is 10.0. The van der Waals surface area contributed by atoms with E-state index in [0.29, 0.717) is 12.3 Å². The van der Waals surface area contributed by atoms with Gasteiger partial charge in [0.1, 0.15) is 5.82 Å². The Morgan fingerprint density at radius 1 is 1.47 bits per heavy atom. The van der Waals surface area contributed by atoms with Crippen molar-refractivity contribution in [3.63, 3.8) is 0 Å². The summed E-state index contributed by atoms with van der Waals surface area (Å²) in [5, 5.41) is 10.6. The van der Waals surface area contributed by atoms with Gasteiger partial charge in [-0.1, -0.05) is 35.7 Å². The highest BCUT2D eigenvalue weighted by Crippen LogP contribution is 2.40. The normalized spacial score (nSPS) is 28.6. The number of benzene rings is 1. The third-order valence-electron chi connectivity index (χ3n) is 3.85.